The van der Waals surface area contributed by atoms with Crippen molar-refractivity contribution in [2.45, 2.75) is 58.2 Å². The van der Waals surface area contributed by atoms with E-state index in [4.69, 9.17) is 4.42 Å². The zero-order valence-electron chi connectivity index (χ0n) is 11.9. The molecule has 3 heteroatoms. The van der Waals surface area contributed by atoms with E-state index in [9.17, 15) is 0 Å². The smallest absolute Gasteiger partial charge is 0.105 e. The first kappa shape index (κ1) is 13.6. The fourth-order valence-corrected chi connectivity index (χ4v) is 2.77. The number of hydrogen-bond acceptors (Lipinski definition) is 3. The quantitative estimate of drug-likeness (QED) is 0.894. The molecule has 0 amide bonds. The predicted octanol–water partition coefficient (Wildman–Crippen LogP) is 2.67. The maximum absolute atomic E-state index is 5.45. The third-order valence-corrected chi connectivity index (χ3v) is 3.97. The van der Waals surface area contributed by atoms with Gasteiger partial charge in [-0.1, -0.05) is 0 Å². The normalized spacial score (nSPS) is 28.6. The van der Waals surface area contributed by atoms with Gasteiger partial charge in [0.1, 0.15) is 5.76 Å². The molecule has 0 radical (unpaired) electrons. The van der Waals surface area contributed by atoms with Crippen LogP contribution in [0.5, 0.6) is 0 Å². The molecule has 0 aliphatic carbocycles. The highest BCUT2D eigenvalue weighted by atomic mass is 16.3. The van der Waals surface area contributed by atoms with Gasteiger partial charge in [-0.2, -0.15) is 0 Å². The highest BCUT2D eigenvalue weighted by molar-refractivity contribution is 5.00. The van der Waals surface area contributed by atoms with Crippen LogP contribution in [0.3, 0.4) is 0 Å². The van der Waals surface area contributed by atoms with Crippen LogP contribution < -0.4 is 5.32 Å². The lowest BCUT2D eigenvalue weighted by Gasteiger charge is -2.34. The van der Waals surface area contributed by atoms with Gasteiger partial charge in [0, 0.05) is 24.5 Å². The van der Waals surface area contributed by atoms with Crippen molar-refractivity contribution in [3.63, 3.8) is 0 Å². The lowest BCUT2D eigenvalue weighted by molar-refractivity contribution is 0.166. The van der Waals surface area contributed by atoms with E-state index >= 15 is 0 Å². The van der Waals surface area contributed by atoms with Gasteiger partial charge in [-0.05, 0) is 58.8 Å². The molecule has 1 fully saturated rings. The van der Waals surface area contributed by atoms with Crippen molar-refractivity contribution >= 4 is 0 Å². The average molecular weight is 250 g/mol. The van der Waals surface area contributed by atoms with Gasteiger partial charge in [-0.15, -0.1) is 0 Å². The molecule has 0 spiro atoms. The summed E-state index contributed by atoms with van der Waals surface area (Å²) >= 11 is 0. The average Bonchev–Trinajstić information content (AvgIpc) is 2.79. The molecule has 102 valence electrons. The van der Waals surface area contributed by atoms with Crippen molar-refractivity contribution in [3.05, 3.63) is 24.2 Å². The van der Waals surface area contributed by atoms with Crippen LogP contribution in [0.4, 0.5) is 0 Å². The number of furan rings is 1. The molecule has 0 saturated carbocycles. The maximum Gasteiger partial charge on any atom is 0.105 e. The second-order valence-corrected chi connectivity index (χ2v) is 5.71. The minimum atomic E-state index is 0.564. The molecule has 3 nitrogen and oxygen atoms in total. The van der Waals surface area contributed by atoms with Gasteiger partial charge in [0.25, 0.3) is 0 Å². The van der Waals surface area contributed by atoms with E-state index in [-0.39, 0.29) is 0 Å². The van der Waals surface area contributed by atoms with Gasteiger partial charge in [0.05, 0.1) is 6.26 Å². The molecule has 1 aromatic rings. The highest BCUT2D eigenvalue weighted by Crippen LogP contribution is 2.13. The zero-order chi connectivity index (χ0) is 13.0. The monoisotopic (exact) mass is 250 g/mol. The largest absolute Gasteiger partial charge is 0.469 e. The summed E-state index contributed by atoms with van der Waals surface area (Å²) in [6.45, 7) is 9.26. The number of hydrogen-bond donors (Lipinski definition) is 1. The highest BCUT2D eigenvalue weighted by Gasteiger charge is 2.20. The SMILES string of the molecule is CC1CCN(C(C)Cc2ccco2)CCC(C)N1. The van der Waals surface area contributed by atoms with E-state index in [1.165, 1.54) is 25.9 Å². The molecule has 1 aliphatic heterocycles. The predicted molar refractivity (Wildman–Crippen MR) is 74.7 cm³/mol. The summed E-state index contributed by atoms with van der Waals surface area (Å²) in [4.78, 5) is 2.61. The molecule has 0 bridgehead atoms. The third-order valence-electron chi connectivity index (χ3n) is 3.97. The van der Waals surface area contributed by atoms with Crippen molar-refractivity contribution < 1.29 is 4.42 Å². The summed E-state index contributed by atoms with van der Waals surface area (Å²) < 4.78 is 5.45. The molecular formula is C15H26N2O. The Hall–Kier alpha value is -0.800. The first-order valence-corrected chi connectivity index (χ1v) is 7.17. The van der Waals surface area contributed by atoms with E-state index in [0.29, 0.717) is 18.1 Å². The minimum absolute atomic E-state index is 0.564. The second-order valence-electron chi connectivity index (χ2n) is 5.71. The van der Waals surface area contributed by atoms with Crippen molar-refractivity contribution in [3.8, 4) is 0 Å². The Bertz CT molecular complexity index is 324. The van der Waals surface area contributed by atoms with Crippen LogP contribution in [-0.4, -0.2) is 36.1 Å². The lowest BCUT2D eigenvalue weighted by Crippen LogP contribution is -2.46. The Kier molecular flexibility index (Phi) is 4.84. The molecule has 1 aromatic heterocycles. The summed E-state index contributed by atoms with van der Waals surface area (Å²) in [5.74, 6) is 1.10. The minimum Gasteiger partial charge on any atom is -0.469 e. The first-order valence-electron chi connectivity index (χ1n) is 7.17. The van der Waals surface area contributed by atoms with Gasteiger partial charge < -0.3 is 14.6 Å². The van der Waals surface area contributed by atoms with E-state index in [0.717, 1.165) is 12.2 Å². The number of nitrogens with one attached hydrogen (secondary N) is 1. The fraction of sp³-hybridized carbons (Fsp3) is 0.733. The molecule has 2 heterocycles. The summed E-state index contributed by atoms with van der Waals surface area (Å²) in [5.41, 5.74) is 0. The molecule has 0 aromatic carbocycles. The van der Waals surface area contributed by atoms with Gasteiger partial charge in [0.2, 0.25) is 0 Å². The van der Waals surface area contributed by atoms with Crippen LogP contribution in [0, 0.1) is 0 Å². The molecular weight excluding hydrogens is 224 g/mol. The van der Waals surface area contributed by atoms with E-state index in [2.05, 4.69) is 37.1 Å². The van der Waals surface area contributed by atoms with E-state index in [1.807, 2.05) is 6.07 Å². The van der Waals surface area contributed by atoms with Gasteiger partial charge >= 0.3 is 0 Å². The van der Waals surface area contributed by atoms with Crippen LogP contribution in [0.25, 0.3) is 0 Å². The van der Waals surface area contributed by atoms with Crippen LogP contribution in [-0.2, 0) is 6.42 Å². The van der Waals surface area contributed by atoms with E-state index in [1.54, 1.807) is 6.26 Å². The van der Waals surface area contributed by atoms with Crippen LogP contribution in [0.15, 0.2) is 22.8 Å². The molecule has 2 rings (SSSR count). The Morgan fingerprint density at radius 2 is 2.00 bits per heavy atom. The van der Waals surface area contributed by atoms with Crippen molar-refractivity contribution in [2.75, 3.05) is 13.1 Å². The summed E-state index contributed by atoms with van der Waals surface area (Å²) in [7, 11) is 0. The second kappa shape index (κ2) is 6.39. The summed E-state index contributed by atoms with van der Waals surface area (Å²) in [5, 5.41) is 3.64. The maximum atomic E-state index is 5.45. The van der Waals surface area contributed by atoms with Crippen molar-refractivity contribution in [1.29, 1.82) is 0 Å². The van der Waals surface area contributed by atoms with Crippen LogP contribution >= 0.6 is 0 Å². The topological polar surface area (TPSA) is 28.4 Å². The first-order chi connectivity index (χ1) is 8.65. The Balaban J connectivity index is 1.89. The fourth-order valence-electron chi connectivity index (χ4n) is 2.77. The molecule has 3 unspecified atom stereocenters. The van der Waals surface area contributed by atoms with E-state index < -0.39 is 0 Å². The molecule has 1 saturated heterocycles. The summed E-state index contributed by atoms with van der Waals surface area (Å²) in [6.07, 6.45) is 5.24. The third kappa shape index (κ3) is 3.85. The van der Waals surface area contributed by atoms with Gasteiger partial charge in [-0.3, -0.25) is 0 Å². The van der Waals surface area contributed by atoms with Crippen LogP contribution in [0.1, 0.15) is 39.4 Å². The summed E-state index contributed by atoms with van der Waals surface area (Å²) in [6, 6.07) is 5.86. The molecule has 1 N–H and O–H groups in total. The zero-order valence-corrected chi connectivity index (χ0v) is 11.9. The Morgan fingerprint density at radius 3 is 2.56 bits per heavy atom. The lowest BCUT2D eigenvalue weighted by atomic mass is 10.1. The van der Waals surface area contributed by atoms with Gasteiger partial charge in [0.15, 0.2) is 0 Å². The van der Waals surface area contributed by atoms with Crippen molar-refractivity contribution in [1.82, 2.24) is 10.2 Å². The Morgan fingerprint density at radius 1 is 1.33 bits per heavy atom. The van der Waals surface area contributed by atoms with Gasteiger partial charge in [-0.25, -0.2) is 0 Å². The molecule has 18 heavy (non-hydrogen) atoms. The van der Waals surface area contributed by atoms with Crippen LogP contribution in [0.2, 0.25) is 0 Å². The van der Waals surface area contributed by atoms with Crippen molar-refractivity contribution in [2.24, 2.45) is 0 Å². The number of nitrogens with zero attached hydrogens (tertiary/aromatic N) is 1. The standard InChI is InChI=1S/C15H26N2O/c1-12-6-8-17(9-7-13(2)16-12)14(3)11-15-5-4-10-18-15/h4-5,10,12-14,16H,6-9,11H2,1-3H3. The number of rotatable bonds is 3. The Labute approximate surface area is 111 Å². The molecule has 3 atom stereocenters. The molecule has 1 aliphatic rings.